The number of benzene rings is 1. The minimum atomic E-state index is -0.710. The van der Waals surface area contributed by atoms with Crippen molar-refractivity contribution in [2.45, 2.75) is 65.2 Å². The molecule has 5 nitrogen and oxygen atoms in total. The van der Waals surface area contributed by atoms with Gasteiger partial charge in [0.25, 0.3) is 0 Å². The highest BCUT2D eigenvalue weighted by Gasteiger charge is 2.54. The van der Waals surface area contributed by atoms with E-state index >= 15 is 0 Å². The van der Waals surface area contributed by atoms with Crippen LogP contribution in [-0.2, 0) is 20.8 Å². The number of hydrogen-bond donors (Lipinski definition) is 0. The third-order valence-electron chi connectivity index (χ3n) is 5.45. The summed E-state index contributed by atoms with van der Waals surface area (Å²) in [6.45, 7) is 7.94. The quantitative estimate of drug-likeness (QED) is 0.513. The highest BCUT2D eigenvalue weighted by atomic mass is 16.6. The first-order valence-electron chi connectivity index (χ1n) is 9.85. The number of amides is 1. The molecule has 0 spiro atoms. The predicted octanol–water partition coefficient (Wildman–Crippen LogP) is 4.98. The Labute approximate surface area is 167 Å². The van der Waals surface area contributed by atoms with Crippen molar-refractivity contribution < 1.29 is 19.1 Å². The van der Waals surface area contributed by atoms with Crippen LogP contribution in [-0.4, -0.2) is 28.7 Å². The van der Waals surface area contributed by atoms with Gasteiger partial charge in [-0.05, 0) is 39.2 Å². The van der Waals surface area contributed by atoms with Crippen molar-refractivity contribution >= 4 is 12.1 Å². The summed E-state index contributed by atoms with van der Waals surface area (Å²) in [5, 5.41) is 0. The maximum atomic E-state index is 12.9. The molecule has 0 unspecified atom stereocenters. The summed E-state index contributed by atoms with van der Waals surface area (Å²) in [4.78, 5) is 26.3. The van der Waals surface area contributed by atoms with E-state index in [9.17, 15) is 9.59 Å². The second-order valence-electron chi connectivity index (χ2n) is 8.06. The van der Waals surface area contributed by atoms with E-state index in [1.807, 2.05) is 43.3 Å². The Morgan fingerprint density at radius 1 is 1.29 bits per heavy atom. The van der Waals surface area contributed by atoms with Crippen LogP contribution in [0.5, 0.6) is 0 Å². The minimum Gasteiger partial charge on any atom is -0.461 e. The van der Waals surface area contributed by atoms with Gasteiger partial charge < -0.3 is 9.47 Å². The molecule has 28 heavy (non-hydrogen) atoms. The molecule has 1 aromatic carbocycles. The van der Waals surface area contributed by atoms with E-state index < -0.39 is 5.60 Å². The van der Waals surface area contributed by atoms with Gasteiger partial charge in [0.05, 0.1) is 12.5 Å². The minimum absolute atomic E-state index is 0.164. The van der Waals surface area contributed by atoms with Gasteiger partial charge in [0, 0.05) is 19.0 Å². The molecule has 1 saturated heterocycles. The van der Waals surface area contributed by atoms with Gasteiger partial charge in [-0.1, -0.05) is 48.1 Å². The Hall–Kier alpha value is -2.56. The monoisotopic (exact) mass is 383 g/mol. The van der Waals surface area contributed by atoms with Crippen LogP contribution < -0.4 is 0 Å². The molecule has 0 N–H and O–H groups in total. The van der Waals surface area contributed by atoms with Gasteiger partial charge in [0.2, 0.25) is 0 Å². The summed E-state index contributed by atoms with van der Waals surface area (Å²) < 4.78 is 11.6. The number of hydrogen-bond acceptors (Lipinski definition) is 4. The number of rotatable bonds is 6. The first-order chi connectivity index (χ1) is 13.3. The number of esters is 1. The van der Waals surface area contributed by atoms with E-state index in [4.69, 9.17) is 9.47 Å². The molecule has 150 valence electrons. The Morgan fingerprint density at radius 3 is 2.64 bits per heavy atom. The molecule has 1 heterocycles. The third-order valence-corrected chi connectivity index (χ3v) is 5.45. The van der Waals surface area contributed by atoms with Crippen LogP contribution in [0.25, 0.3) is 0 Å². The molecule has 1 aliphatic carbocycles. The van der Waals surface area contributed by atoms with Crippen molar-refractivity contribution in [1.29, 1.82) is 0 Å². The Balaban J connectivity index is 1.88. The zero-order valence-electron chi connectivity index (χ0n) is 17.1. The average molecular weight is 383 g/mol. The lowest BCUT2D eigenvalue weighted by molar-refractivity contribution is -0.155. The zero-order valence-corrected chi connectivity index (χ0v) is 17.1. The van der Waals surface area contributed by atoms with E-state index in [2.05, 4.69) is 19.9 Å². The molecule has 1 aromatic rings. The number of allylic oxidation sites excluding steroid dienone is 2. The van der Waals surface area contributed by atoms with Crippen molar-refractivity contribution in [3.63, 3.8) is 0 Å². The van der Waals surface area contributed by atoms with Crippen LogP contribution in [0, 0.1) is 5.92 Å². The molecular formula is C23H29NO4. The Morgan fingerprint density at radius 2 is 2.00 bits per heavy atom. The first-order valence-corrected chi connectivity index (χ1v) is 9.85. The number of ether oxygens (including phenoxy) is 2. The van der Waals surface area contributed by atoms with Crippen LogP contribution in [0.4, 0.5) is 4.79 Å². The highest BCUT2D eigenvalue weighted by Crippen LogP contribution is 2.47. The number of cyclic esters (lactones) is 1. The third kappa shape index (κ3) is 4.29. The summed E-state index contributed by atoms with van der Waals surface area (Å²) in [5.74, 6) is -0.471. The lowest BCUT2D eigenvalue weighted by Crippen LogP contribution is -2.55. The molecule has 1 aliphatic heterocycles. The van der Waals surface area contributed by atoms with Crippen LogP contribution in [0.3, 0.4) is 0 Å². The average Bonchev–Trinajstić information content (AvgIpc) is 3.03. The molecule has 1 amide bonds. The van der Waals surface area contributed by atoms with Crippen LogP contribution >= 0.6 is 0 Å². The molecule has 0 aromatic heterocycles. The van der Waals surface area contributed by atoms with Crippen molar-refractivity contribution in [3.8, 4) is 0 Å². The Kier molecular flexibility index (Phi) is 5.92. The highest BCUT2D eigenvalue weighted by molar-refractivity contribution is 5.73. The topological polar surface area (TPSA) is 55.8 Å². The number of fused-ring (bicyclic) bond motifs is 1. The van der Waals surface area contributed by atoms with Crippen LogP contribution in [0.1, 0.15) is 52.5 Å². The SMILES string of the molecule is CC(=O)O[C@H]1CC=C2[C@@H]1[C@@](C)(CCC=C(C)C)OC(=O)N2Cc1ccccc1. The lowest BCUT2D eigenvalue weighted by Gasteiger charge is -2.46. The normalized spacial score (nSPS) is 26.2. The number of carbonyl (C=O) groups is 2. The van der Waals surface area contributed by atoms with Crippen molar-refractivity contribution in [2.75, 3.05) is 0 Å². The fourth-order valence-electron chi connectivity index (χ4n) is 4.20. The molecule has 0 radical (unpaired) electrons. The molecule has 3 rings (SSSR count). The van der Waals surface area contributed by atoms with E-state index in [-0.39, 0.29) is 24.1 Å². The van der Waals surface area contributed by atoms with Gasteiger partial charge in [-0.2, -0.15) is 0 Å². The molecule has 0 saturated carbocycles. The molecule has 0 bridgehead atoms. The fourth-order valence-corrected chi connectivity index (χ4v) is 4.20. The lowest BCUT2D eigenvalue weighted by atomic mass is 9.79. The van der Waals surface area contributed by atoms with E-state index in [0.717, 1.165) is 17.7 Å². The molecular weight excluding hydrogens is 354 g/mol. The number of carbonyl (C=O) groups excluding carboxylic acids is 2. The van der Waals surface area contributed by atoms with Gasteiger partial charge in [-0.25, -0.2) is 4.79 Å². The zero-order chi connectivity index (χ0) is 20.3. The summed E-state index contributed by atoms with van der Waals surface area (Å²) in [7, 11) is 0. The van der Waals surface area contributed by atoms with Crippen molar-refractivity contribution in [3.05, 3.63) is 59.3 Å². The van der Waals surface area contributed by atoms with Crippen molar-refractivity contribution in [1.82, 2.24) is 4.90 Å². The smallest absolute Gasteiger partial charge is 0.414 e. The van der Waals surface area contributed by atoms with Gasteiger partial charge in [-0.15, -0.1) is 0 Å². The molecule has 5 heteroatoms. The predicted molar refractivity (Wildman–Crippen MR) is 107 cm³/mol. The first kappa shape index (κ1) is 20.2. The van der Waals surface area contributed by atoms with Gasteiger partial charge in [0.15, 0.2) is 0 Å². The fraction of sp³-hybridized carbons (Fsp3) is 0.478. The summed E-state index contributed by atoms with van der Waals surface area (Å²) in [6.07, 6.45) is 5.62. The summed E-state index contributed by atoms with van der Waals surface area (Å²) in [5.41, 5.74) is 2.46. The van der Waals surface area contributed by atoms with E-state index in [1.165, 1.54) is 12.5 Å². The maximum absolute atomic E-state index is 12.9. The van der Waals surface area contributed by atoms with Crippen LogP contribution in [0.15, 0.2) is 53.8 Å². The summed E-state index contributed by atoms with van der Waals surface area (Å²) in [6, 6.07) is 9.84. The van der Waals surface area contributed by atoms with Gasteiger partial charge in [0.1, 0.15) is 11.7 Å². The molecule has 2 aliphatic rings. The second kappa shape index (κ2) is 8.21. The largest absolute Gasteiger partial charge is 0.461 e. The standard InChI is InChI=1S/C23H29NO4/c1-16(2)9-8-14-23(4)21-19(12-13-20(21)27-17(3)25)24(22(26)28-23)15-18-10-6-5-7-11-18/h5-7,9-12,20-21H,8,13-15H2,1-4H3/t20-,21-,23+/m0/s1. The van der Waals surface area contributed by atoms with E-state index in [1.54, 1.807) is 4.90 Å². The van der Waals surface area contributed by atoms with Crippen LogP contribution in [0.2, 0.25) is 0 Å². The Bertz CT molecular complexity index is 794. The number of nitrogens with zero attached hydrogens (tertiary/aromatic N) is 1. The second-order valence-corrected chi connectivity index (χ2v) is 8.06. The summed E-state index contributed by atoms with van der Waals surface area (Å²) >= 11 is 0. The van der Waals surface area contributed by atoms with Gasteiger partial charge in [-0.3, -0.25) is 9.69 Å². The van der Waals surface area contributed by atoms with Gasteiger partial charge >= 0.3 is 12.1 Å². The molecule has 1 fully saturated rings. The van der Waals surface area contributed by atoms with E-state index in [0.29, 0.717) is 19.4 Å². The maximum Gasteiger partial charge on any atom is 0.414 e. The van der Waals surface area contributed by atoms with Crippen molar-refractivity contribution in [2.24, 2.45) is 5.92 Å². The molecule has 3 atom stereocenters.